The molecule has 3 rings (SSSR count). The van der Waals surface area contributed by atoms with Crippen LogP contribution in [-0.4, -0.2) is 0 Å². The van der Waals surface area contributed by atoms with E-state index in [1.54, 1.807) is 0 Å². The van der Waals surface area contributed by atoms with Crippen molar-refractivity contribution in [3.63, 3.8) is 0 Å². The molecular weight excluding hydrogens is 417 g/mol. The fraction of sp³-hybridized carbons (Fsp3) is 0.217. The second-order valence-corrected chi connectivity index (χ2v) is 7.66. The number of halogens is 1. The second-order valence-electron chi connectivity index (χ2n) is 6.42. The average molecular weight is 441 g/mol. The molecule has 0 unspecified atom stereocenters. The minimum Gasteiger partial charge on any atom is -0.311 e. The van der Waals surface area contributed by atoms with Crippen LogP contribution < -0.4 is 4.90 Å². The van der Waals surface area contributed by atoms with E-state index in [2.05, 4.69) is 114 Å². The Morgan fingerprint density at radius 3 is 1.72 bits per heavy atom. The summed E-state index contributed by atoms with van der Waals surface area (Å²) < 4.78 is 1.25. The quantitative estimate of drug-likeness (QED) is 0.360. The summed E-state index contributed by atoms with van der Waals surface area (Å²) in [6.45, 7) is 4.37. The molecule has 0 bridgehead atoms. The van der Waals surface area contributed by atoms with Crippen LogP contribution in [0.2, 0.25) is 0 Å². The van der Waals surface area contributed by atoms with Crippen LogP contribution in [0.1, 0.15) is 30.9 Å². The maximum absolute atomic E-state index is 2.35. The average Bonchev–Trinajstić information content (AvgIpc) is 2.64. The van der Waals surface area contributed by atoms with Crippen LogP contribution in [0.4, 0.5) is 17.1 Å². The lowest BCUT2D eigenvalue weighted by atomic mass is 10.1. The molecule has 25 heavy (non-hydrogen) atoms. The topological polar surface area (TPSA) is 3.24 Å². The van der Waals surface area contributed by atoms with E-state index in [0.29, 0.717) is 0 Å². The Kier molecular flexibility index (Phi) is 6.14. The summed E-state index contributed by atoms with van der Waals surface area (Å²) in [5.41, 5.74) is 6.27. The Balaban J connectivity index is 1.98. The van der Waals surface area contributed by atoms with Gasteiger partial charge in [0.05, 0.1) is 0 Å². The minimum absolute atomic E-state index is 1.16. The maximum atomic E-state index is 2.35. The van der Waals surface area contributed by atoms with Gasteiger partial charge in [0.15, 0.2) is 0 Å². The Morgan fingerprint density at radius 1 is 0.720 bits per heavy atom. The molecule has 2 heteroatoms. The van der Waals surface area contributed by atoms with Crippen LogP contribution in [0.25, 0.3) is 0 Å². The molecule has 1 nitrogen and oxygen atoms in total. The van der Waals surface area contributed by atoms with E-state index in [-0.39, 0.29) is 0 Å². The van der Waals surface area contributed by atoms with Crippen LogP contribution in [0, 0.1) is 10.5 Å². The molecule has 3 aromatic carbocycles. The van der Waals surface area contributed by atoms with Crippen molar-refractivity contribution >= 4 is 39.7 Å². The Labute approximate surface area is 164 Å². The first-order valence-corrected chi connectivity index (χ1v) is 9.96. The normalized spacial score (nSPS) is 10.7. The highest BCUT2D eigenvalue weighted by Gasteiger charge is 2.12. The third-order valence-electron chi connectivity index (χ3n) is 4.39. The third-order valence-corrected chi connectivity index (χ3v) is 5.11. The van der Waals surface area contributed by atoms with Crippen molar-refractivity contribution in [1.29, 1.82) is 0 Å². The molecule has 0 aromatic heterocycles. The SMILES string of the molecule is CCCCc1ccc(N(c2ccc(C)cc2)c2ccc(I)cc2)cc1. The number of nitrogens with zero attached hydrogens (tertiary/aromatic N) is 1. The van der Waals surface area contributed by atoms with Gasteiger partial charge in [-0.05, 0) is 96.5 Å². The number of rotatable bonds is 6. The van der Waals surface area contributed by atoms with Gasteiger partial charge in [0, 0.05) is 20.6 Å². The van der Waals surface area contributed by atoms with Crippen LogP contribution in [0.3, 0.4) is 0 Å². The van der Waals surface area contributed by atoms with Crippen molar-refractivity contribution in [3.8, 4) is 0 Å². The van der Waals surface area contributed by atoms with Gasteiger partial charge in [-0.1, -0.05) is 43.2 Å². The largest absolute Gasteiger partial charge is 0.311 e. The third kappa shape index (κ3) is 4.63. The van der Waals surface area contributed by atoms with Gasteiger partial charge in [-0.3, -0.25) is 0 Å². The number of hydrogen-bond acceptors (Lipinski definition) is 1. The zero-order chi connectivity index (χ0) is 17.6. The Bertz CT molecular complexity index is 744. The fourth-order valence-corrected chi connectivity index (χ4v) is 3.28. The Hall–Kier alpha value is -1.81. The molecule has 0 fully saturated rings. The van der Waals surface area contributed by atoms with Crippen molar-refractivity contribution in [2.75, 3.05) is 4.90 Å². The van der Waals surface area contributed by atoms with Gasteiger partial charge in [0.1, 0.15) is 0 Å². The minimum atomic E-state index is 1.16. The van der Waals surface area contributed by atoms with Gasteiger partial charge in [0.25, 0.3) is 0 Å². The summed E-state index contributed by atoms with van der Waals surface area (Å²) in [7, 11) is 0. The lowest BCUT2D eigenvalue weighted by Gasteiger charge is -2.26. The molecule has 0 saturated heterocycles. The molecule has 0 N–H and O–H groups in total. The molecule has 0 aliphatic heterocycles. The summed E-state index contributed by atoms with van der Waals surface area (Å²) in [6, 6.07) is 26.4. The monoisotopic (exact) mass is 441 g/mol. The van der Waals surface area contributed by atoms with Gasteiger partial charge in [-0.2, -0.15) is 0 Å². The molecule has 0 spiro atoms. The molecule has 0 amide bonds. The van der Waals surface area contributed by atoms with Crippen LogP contribution >= 0.6 is 22.6 Å². The second kappa shape index (κ2) is 8.52. The standard InChI is InChI=1S/C23H24IN/c1-3-4-5-19-8-14-22(15-9-19)25(21-12-6-18(2)7-13-21)23-16-10-20(24)11-17-23/h6-17H,3-5H2,1-2H3. The summed E-state index contributed by atoms with van der Waals surface area (Å²) in [5.74, 6) is 0. The summed E-state index contributed by atoms with van der Waals surface area (Å²) >= 11 is 2.35. The predicted molar refractivity (Wildman–Crippen MR) is 117 cm³/mol. The van der Waals surface area contributed by atoms with E-state index in [1.807, 2.05) is 0 Å². The molecule has 128 valence electrons. The highest BCUT2D eigenvalue weighted by molar-refractivity contribution is 14.1. The van der Waals surface area contributed by atoms with Crippen molar-refractivity contribution in [2.45, 2.75) is 33.1 Å². The van der Waals surface area contributed by atoms with Gasteiger partial charge < -0.3 is 4.90 Å². The summed E-state index contributed by atoms with van der Waals surface area (Å²) in [6.07, 6.45) is 3.64. The van der Waals surface area contributed by atoms with Gasteiger partial charge in [-0.15, -0.1) is 0 Å². The van der Waals surface area contributed by atoms with E-state index in [9.17, 15) is 0 Å². The van der Waals surface area contributed by atoms with E-state index in [4.69, 9.17) is 0 Å². The molecule has 0 saturated carbocycles. The zero-order valence-corrected chi connectivity index (χ0v) is 17.0. The molecule has 0 radical (unpaired) electrons. The van der Waals surface area contributed by atoms with E-state index in [1.165, 1.54) is 44.6 Å². The zero-order valence-electron chi connectivity index (χ0n) is 14.9. The summed E-state index contributed by atoms with van der Waals surface area (Å²) in [4.78, 5) is 2.32. The number of anilines is 3. The van der Waals surface area contributed by atoms with Gasteiger partial charge in [0.2, 0.25) is 0 Å². The molecule has 0 heterocycles. The molecule has 0 aliphatic carbocycles. The molecular formula is C23H24IN. The van der Waals surface area contributed by atoms with Crippen molar-refractivity contribution in [3.05, 3.63) is 87.5 Å². The van der Waals surface area contributed by atoms with Crippen LogP contribution in [0.5, 0.6) is 0 Å². The number of benzene rings is 3. The highest BCUT2D eigenvalue weighted by Crippen LogP contribution is 2.34. The molecule has 3 aromatic rings. The highest BCUT2D eigenvalue weighted by atomic mass is 127. The van der Waals surface area contributed by atoms with Crippen LogP contribution in [0.15, 0.2) is 72.8 Å². The Morgan fingerprint density at radius 2 is 1.20 bits per heavy atom. The number of aryl methyl sites for hydroxylation is 2. The van der Waals surface area contributed by atoms with Gasteiger partial charge in [-0.25, -0.2) is 0 Å². The maximum Gasteiger partial charge on any atom is 0.0462 e. The van der Waals surface area contributed by atoms with E-state index < -0.39 is 0 Å². The van der Waals surface area contributed by atoms with E-state index >= 15 is 0 Å². The van der Waals surface area contributed by atoms with E-state index in [0.717, 1.165) is 6.42 Å². The fourth-order valence-electron chi connectivity index (χ4n) is 2.92. The van der Waals surface area contributed by atoms with Crippen molar-refractivity contribution < 1.29 is 0 Å². The smallest absolute Gasteiger partial charge is 0.0462 e. The lowest BCUT2D eigenvalue weighted by Crippen LogP contribution is -2.10. The summed E-state index contributed by atoms with van der Waals surface area (Å²) in [5, 5.41) is 0. The number of unbranched alkanes of at least 4 members (excludes halogenated alkanes) is 1. The molecule has 0 atom stereocenters. The van der Waals surface area contributed by atoms with Gasteiger partial charge >= 0.3 is 0 Å². The first-order valence-electron chi connectivity index (χ1n) is 8.88. The molecule has 0 aliphatic rings. The first kappa shape index (κ1) is 18.0. The lowest BCUT2D eigenvalue weighted by molar-refractivity contribution is 0.795. The van der Waals surface area contributed by atoms with Crippen molar-refractivity contribution in [1.82, 2.24) is 0 Å². The predicted octanol–water partition coefficient (Wildman–Crippen LogP) is 7.41. The first-order chi connectivity index (χ1) is 12.2. The number of hydrogen-bond donors (Lipinski definition) is 0. The van der Waals surface area contributed by atoms with Crippen LogP contribution in [-0.2, 0) is 6.42 Å². The van der Waals surface area contributed by atoms with Crippen molar-refractivity contribution in [2.24, 2.45) is 0 Å².